The van der Waals surface area contributed by atoms with Crippen LogP contribution in [-0.2, 0) is 10.9 Å². The molecule has 24 heavy (non-hydrogen) atoms. The summed E-state index contributed by atoms with van der Waals surface area (Å²) >= 11 is 0. The zero-order chi connectivity index (χ0) is 17.7. The Morgan fingerprint density at radius 1 is 1.21 bits per heavy atom. The third kappa shape index (κ3) is 2.42. The van der Waals surface area contributed by atoms with Gasteiger partial charge in [0.05, 0.1) is 16.8 Å². The average Bonchev–Trinajstić information content (AvgIpc) is 3.02. The Bertz CT molecular complexity index is 771. The second-order valence-corrected chi connectivity index (χ2v) is 5.09. The smallest absolute Gasteiger partial charge is 0.435 e. The Morgan fingerprint density at radius 3 is 2.42 bits per heavy atom. The zero-order valence-electron chi connectivity index (χ0n) is 11.6. The molecule has 2 atom stereocenters. The molecule has 0 amide bonds. The monoisotopic (exact) mass is 350 g/mol. The first-order chi connectivity index (χ1) is 11.1. The molecule has 1 aromatic carbocycles. The summed E-state index contributed by atoms with van der Waals surface area (Å²) < 4.78 is 85.0. The number of aromatic amines is 1. The summed E-state index contributed by atoms with van der Waals surface area (Å²) in [6.07, 6.45) is -10.9. The molecule has 0 saturated carbocycles. The van der Waals surface area contributed by atoms with Crippen LogP contribution < -0.4 is 0 Å². The van der Waals surface area contributed by atoms with Crippen molar-refractivity contribution < 1.29 is 35.9 Å². The Kier molecular flexibility index (Phi) is 3.57. The van der Waals surface area contributed by atoms with Gasteiger partial charge in [-0.3, -0.25) is 5.10 Å². The highest BCUT2D eigenvalue weighted by atomic mass is 19.4. The van der Waals surface area contributed by atoms with Gasteiger partial charge in [-0.05, 0) is 12.1 Å². The number of aromatic nitrogens is 2. The number of nitrogens with one attached hydrogen (secondary N) is 1. The summed E-state index contributed by atoms with van der Waals surface area (Å²) in [7, 11) is 0. The van der Waals surface area contributed by atoms with E-state index in [2.05, 4.69) is 9.84 Å². The first-order valence-corrected chi connectivity index (χ1v) is 6.57. The molecular formula is C14H8F6N2O2. The molecule has 0 fully saturated rings. The quantitative estimate of drug-likeness (QED) is 0.658. The van der Waals surface area contributed by atoms with Gasteiger partial charge in [-0.1, -0.05) is 18.2 Å². The number of halogens is 6. The Labute approximate surface area is 130 Å². The van der Waals surface area contributed by atoms with Gasteiger partial charge in [-0.2, -0.15) is 27.1 Å². The number of benzene rings is 1. The van der Waals surface area contributed by atoms with Crippen LogP contribution in [0.1, 0.15) is 39.6 Å². The summed E-state index contributed by atoms with van der Waals surface area (Å²) in [6, 6.07) is 6.80. The minimum atomic E-state index is -5.11. The van der Waals surface area contributed by atoms with Gasteiger partial charge in [-0.25, -0.2) is 9.18 Å². The van der Waals surface area contributed by atoms with Gasteiger partial charge < -0.3 is 4.74 Å². The fourth-order valence-corrected chi connectivity index (χ4v) is 2.44. The molecule has 1 N–H and O–H groups in total. The largest absolute Gasteiger partial charge is 0.447 e. The van der Waals surface area contributed by atoms with Crippen LogP contribution >= 0.6 is 0 Å². The molecule has 3 rings (SSSR count). The van der Waals surface area contributed by atoms with Crippen molar-refractivity contribution in [3.63, 3.8) is 0 Å². The molecule has 10 heteroatoms. The van der Waals surface area contributed by atoms with E-state index in [1.807, 2.05) is 0 Å². The van der Waals surface area contributed by atoms with Crippen molar-refractivity contribution in [2.75, 3.05) is 0 Å². The van der Waals surface area contributed by atoms with Crippen LogP contribution in [0.15, 0.2) is 30.3 Å². The van der Waals surface area contributed by atoms with Crippen molar-refractivity contribution in [2.45, 2.75) is 24.4 Å². The number of carbonyl (C=O) groups excluding carboxylic acids is 1. The summed E-state index contributed by atoms with van der Waals surface area (Å²) in [5, 5.41) is 4.47. The normalized spacial score (nSPS) is 22.2. The van der Waals surface area contributed by atoms with E-state index < -0.39 is 47.3 Å². The maximum atomic E-state index is 14.0. The van der Waals surface area contributed by atoms with Crippen molar-refractivity contribution in [2.24, 2.45) is 0 Å². The van der Waals surface area contributed by atoms with Crippen LogP contribution in [0.25, 0.3) is 0 Å². The summed E-state index contributed by atoms with van der Waals surface area (Å²) in [5.41, 5.74) is -4.13. The lowest BCUT2D eigenvalue weighted by Crippen LogP contribution is -2.30. The van der Waals surface area contributed by atoms with Gasteiger partial charge in [-0.15, -0.1) is 0 Å². The Morgan fingerprint density at radius 2 is 1.83 bits per heavy atom. The van der Waals surface area contributed by atoms with Crippen molar-refractivity contribution in [3.05, 3.63) is 52.8 Å². The Balaban J connectivity index is 2.02. The first kappa shape index (κ1) is 16.3. The molecule has 0 radical (unpaired) electrons. The number of carbonyl (C=O) groups is 1. The number of nitrogens with zero attached hydrogens (tertiary/aromatic N) is 1. The highest BCUT2D eigenvalue weighted by Gasteiger charge is 2.63. The fraction of sp³-hybridized carbons (Fsp3) is 0.286. The van der Waals surface area contributed by atoms with Crippen molar-refractivity contribution in [3.8, 4) is 0 Å². The molecule has 1 unspecified atom stereocenters. The van der Waals surface area contributed by atoms with Crippen LogP contribution in [0.4, 0.5) is 26.3 Å². The lowest BCUT2D eigenvalue weighted by atomic mass is 10.1. The minimum absolute atomic E-state index is 0.158. The van der Waals surface area contributed by atoms with E-state index in [0.717, 1.165) is 0 Å². The van der Waals surface area contributed by atoms with Gasteiger partial charge in [0.25, 0.3) is 0 Å². The molecule has 1 aliphatic rings. The van der Waals surface area contributed by atoms with E-state index in [1.54, 1.807) is 5.10 Å². The first-order valence-electron chi connectivity index (χ1n) is 6.57. The molecule has 128 valence electrons. The summed E-state index contributed by atoms with van der Waals surface area (Å²) in [5.74, 6) is -5.65. The molecule has 2 aromatic rings. The van der Waals surface area contributed by atoms with Gasteiger partial charge >= 0.3 is 18.1 Å². The Hall–Kier alpha value is -2.52. The topological polar surface area (TPSA) is 55.0 Å². The van der Waals surface area contributed by atoms with Crippen molar-refractivity contribution >= 4 is 5.97 Å². The third-order valence-electron chi connectivity index (χ3n) is 3.54. The zero-order valence-corrected chi connectivity index (χ0v) is 11.6. The third-order valence-corrected chi connectivity index (χ3v) is 3.54. The highest BCUT2D eigenvalue weighted by molar-refractivity contribution is 5.89. The number of ether oxygens (including phenoxy) is 1. The number of rotatable bonds is 2. The van der Waals surface area contributed by atoms with Crippen LogP contribution in [0.3, 0.4) is 0 Å². The highest BCUT2D eigenvalue weighted by Crippen LogP contribution is 2.56. The number of H-pyrrole nitrogens is 1. The molecule has 4 nitrogen and oxygen atoms in total. The number of hydrogen-bond donors (Lipinski definition) is 1. The van der Waals surface area contributed by atoms with Crippen LogP contribution in [0, 0.1) is 0 Å². The fourth-order valence-electron chi connectivity index (χ4n) is 2.44. The molecular weight excluding hydrogens is 342 g/mol. The van der Waals surface area contributed by atoms with Crippen molar-refractivity contribution in [1.82, 2.24) is 10.2 Å². The summed E-state index contributed by atoms with van der Waals surface area (Å²) in [4.78, 5) is 11.9. The predicted octanol–water partition coefficient (Wildman–Crippen LogP) is 3.99. The lowest BCUT2D eigenvalue weighted by molar-refractivity contribution is -0.157. The second kappa shape index (κ2) is 5.25. The van der Waals surface area contributed by atoms with Gasteiger partial charge in [0, 0.05) is 0 Å². The molecule has 1 aliphatic carbocycles. The van der Waals surface area contributed by atoms with Gasteiger partial charge in [0.15, 0.2) is 11.8 Å². The van der Waals surface area contributed by atoms with Crippen LogP contribution in [-0.4, -0.2) is 22.1 Å². The van der Waals surface area contributed by atoms with E-state index >= 15 is 0 Å². The number of hydrogen-bond acceptors (Lipinski definition) is 3. The van der Waals surface area contributed by atoms with E-state index in [9.17, 15) is 31.1 Å². The summed E-state index contributed by atoms with van der Waals surface area (Å²) in [6.45, 7) is 0. The number of esters is 1. The maximum Gasteiger partial charge on any atom is 0.435 e. The van der Waals surface area contributed by atoms with E-state index in [-0.39, 0.29) is 5.56 Å². The van der Waals surface area contributed by atoms with Crippen molar-refractivity contribution in [1.29, 1.82) is 0 Å². The van der Waals surface area contributed by atoms with E-state index in [4.69, 9.17) is 0 Å². The van der Waals surface area contributed by atoms with E-state index in [0.29, 0.717) is 0 Å². The van der Waals surface area contributed by atoms with Crippen LogP contribution in [0.2, 0.25) is 0 Å². The maximum absolute atomic E-state index is 14.0. The molecule has 1 heterocycles. The second-order valence-electron chi connectivity index (χ2n) is 5.09. The molecule has 0 spiro atoms. The molecule has 1 aromatic heterocycles. The molecule has 0 bridgehead atoms. The number of alkyl halides is 6. The van der Waals surface area contributed by atoms with Gasteiger partial charge in [0.1, 0.15) is 0 Å². The molecule has 0 aliphatic heterocycles. The van der Waals surface area contributed by atoms with Crippen LogP contribution in [0.5, 0.6) is 0 Å². The van der Waals surface area contributed by atoms with E-state index in [1.165, 1.54) is 30.3 Å². The van der Waals surface area contributed by atoms with Gasteiger partial charge in [0.2, 0.25) is 6.17 Å². The minimum Gasteiger partial charge on any atom is -0.447 e. The average molecular weight is 350 g/mol. The lowest BCUT2D eigenvalue weighted by Gasteiger charge is -2.22. The standard InChI is InChI=1S/C14H8F6N2O2/c15-9-8-7(10(22-21-8)14(18,19)20)11(13(9,16)17)24-12(23)6-4-2-1-3-5-6/h1-5,9,11H,(H,21,22)/t9?,11-/m0/s1. The molecule has 0 saturated heterocycles. The SMILES string of the molecule is O=C(O[C@H]1c2c(C(F)(F)F)n[nH]c2C(F)C1(F)F)c1ccccc1. The number of fused-ring (bicyclic) bond motifs is 1. The predicted molar refractivity (Wildman–Crippen MR) is 67.0 cm³/mol.